The SMILES string of the molecule is [2H]c1c([2H])c([2H])c2c(c1[2H])c([2H])c([2H])c1c3cc(-c4c5ccccc5c(-c5ccccc5)c5ccccc45)ccc3oc21. The van der Waals surface area contributed by atoms with E-state index in [2.05, 4.69) is 48.5 Å². The van der Waals surface area contributed by atoms with Crippen LogP contribution < -0.4 is 0 Å². The second kappa shape index (κ2) is 7.81. The molecule has 0 fully saturated rings. The van der Waals surface area contributed by atoms with Crippen molar-refractivity contribution in [1.29, 1.82) is 0 Å². The molecule has 0 saturated carbocycles. The number of rotatable bonds is 2. The van der Waals surface area contributed by atoms with Crippen LogP contribution in [0, 0.1) is 0 Å². The molecule has 0 bridgehead atoms. The first kappa shape index (κ1) is 15.3. The number of benzene rings is 7. The van der Waals surface area contributed by atoms with Crippen LogP contribution in [0.1, 0.15) is 8.22 Å². The summed E-state index contributed by atoms with van der Waals surface area (Å²) in [4.78, 5) is 0. The Bertz CT molecular complexity index is 2410. The van der Waals surface area contributed by atoms with Crippen molar-refractivity contribution in [3.63, 3.8) is 0 Å². The van der Waals surface area contributed by atoms with E-state index in [4.69, 9.17) is 12.6 Å². The zero-order valence-corrected chi connectivity index (χ0v) is 19.6. The predicted octanol–water partition coefficient (Wildman–Crippen LogP) is 10.4. The van der Waals surface area contributed by atoms with Crippen molar-refractivity contribution in [3.05, 3.63) is 133 Å². The molecule has 0 amide bonds. The summed E-state index contributed by atoms with van der Waals surface area (Å²) in [6, 6.07) is 31.1. The van der Waals surface area contributed by atoms with Crippen LogP contribution in [0.25, 0.3) is 76.5 Å². The smallest absolute Gasteiger partial charge is 0.143 e. The second-order valence-electron chi connectivity index (χ2n) is 9.22. The molecular formula is C36H22O. The minimum atomic E-state index is -0.430. The van der Waals surface area contributed by atoms with Gasteiger partial charge >= 0.3 is 0 Å². The van der Waals surface area contributed by atoms with Crippen LogP contribution in [0.4, 0.5) is 0 Å². The standard InChI is InChI=1S/C36H22O/c1-2-11-24(12-3-1)34-27-14-6-8-16-29(27)35(30-17-9-7-15-28(30)34)25-19-21-33-32(22-25)31-20-18-23-10-4-5-13-26(23)36(31)37-33/h1-22H/i4D,5D,10D,13D,18D,20D. The van der Waals surface area contributed by atoms with Crippen LogP contribution in [-0.4, -0.2) is 0 Å². The molecule has 1 aromatic heterocycles. The summed E-state index contributed by atoms with van der Waals surface area (Å²) in [6.45, 7) is 0. The lowest BCUT2D eigenvalue weighted by Crippen LogP contribution is -1.90. The van der Waals surface area contributed by atoms with Crippen LogP contribution in [0.2, 0.25) is 0 Å². The molecular weight excluding hydrogens is 448 g/mol. The van der Waals surface area contributed by atoms with Gasteiger partial charge in [0.1, 0.15) is 11.2 Å². The third-order valence-electron chi connectivity index (χ3n) is 7.20. The van der Waals surface area contributed by atoms with Gasteiger partial charge in [-0.05, 0) is 67.4 Å². The molecule has 8 rings (SSSR count). The van der Waals surface area contributed by atoms with Gasteiger partial charge in [0.2, 0.25) is 0 Å². The fourth-order valence-corrected chi connectivity index (χ4v) is 5.61. The molecule has 0 aliphatic carbocycles. The average molecular weight is 477 g/mol. The molecule has 1 heterocycles. The molecule has 1 heteroatoms. The van der Waals surface area contributed by atoms with Gasteiger partial charge < -0.3 is 4.42 Å². The zero-order chi connectivity index (χ0) is 29.6. The van der Waals surface area contributed by atoms with Gasteiger partial charge in [-0.3, -0.25) is 0 Å². The summed E-state index contributed by atoms with van der Waals surface area (Å²) in [5, 5.41) is 5.53. The second-order valence-corrected chi connectivity index (χ2v) is 9.22. The fraction of sp³-hybridized carbons (Fsp3) is 0. The number of fused-ring (bicyclic) bond motifs is 7. The lowest BCUT2D eigenvalue weighted by atomic mass is 9.86. The van der Waals surface area contributed by atoms with Gasteiger partial charge in [0, 0.05) is 16.2 Å². The van der Waals surface area contributed by atoms with E-state index in [-0.39, 0.29) is 40.5 Å². The summed E-state index contributed by atoms with van der Waals surface area (Å²) < 4.78 is 57.3. The maximum atomic E-state index is 8.92. The van der Waals surface area contributed by atoms with Gasteiger partial charge in [-0.25, -0.2) is 0 Å². The molecule has 0 aliphatic rings. The van der Waals surface area contributed by atoms with E-state index in [9.17, 15) is 0 Å². The first-order valence-electron chi connectivity index (χ1n) is 15.2. The summed E-state index contributed by atoms with van der Waals surface area (Å²) in [7, 11) is 0. The van der Waals surface area contributed by atoms with Crippen LogP contribution >= 0.6 is 0 Å². The van der Waals surface area contributed by atoms with Crippen molar-refractivity contribution in [3.8, 4) is 22.3 Å². The molecule has 0 N–H and O–H groups in total. The summed E-state index contributed by atoms with van der Waals surface area (Å²) >= 11 is 0. The Labute approximate surface area is 222 Å². The molecule has 0 saturated heterocycles. The molecule has 8 aromatic rings. The Kier molecular flexibility index (Phi) is 3.23. The maximum Gasteiger partial charge on any atom is 0.143 e. The number of furan rings is 1. The molecule has 1 nitrogen and oxygen atoms in total. The largest absolute Gasteiger partial charge is 0.455 e. The molecule has 0 aliphatic heterocycles. The highest BCUT2D eigenvalue weighted by Gasteiger charge is 2.18. The van der Waals surface area contributed by atoms with Crippen LogP contribution in [-0.2, 0) is 0 Å². The lowest BCUT2D eigenvalue weighted by molar-refractivity contribution is 0.672. The molecule has 37 heavy (non-hydrogen) atoms. The third kappa shape index (κ3) is 2.98. The van der Waals surface area contributed by atoms with Crippen molar-refractivity contribution in [2.75, 3.05) is 0 Å². The van der Waals surface area contributed by atoms with Crippen LogP contribution in [0.3, 0.4) is 0 Å². The van der Waals surface area contributed by atoms with Gasteiger partial charge in [-0.15, -0.1) is 0 Å². The summed E-state index contributed by atoms with van der Waals surface area (Å²) in [5.41, 5.74) is 4.95. The van der Waals surface area contributed by atoms with E-state index in [1.54, 1.807) is 0 Å². The van der Waals surface area contributed by atoms with Gasteiger partial charge in [0.25, 0.3) is 0 Å². The Morgan fingerprint density at radius 1 is 0.459 bits per heavy atom. The zero-order valence-electron chi connectivity index (χ0n) is 25.6. The Hall–Kier alpha value is -4.88. The topological polar surface area (TPSA) is 13.1 Å². The van der Waals surface area contributed by atoms with E-state index >= 15 is 0 Å². The Morgan fingerprint density at radius 3 is 1.78 bits per heavy atom. The minimum Gasteiger partial charge on any atom is -0.455 e. The monoisotopic (exact) mass is 476 g/mol. The lowest BCUT2D eigenvalue weighted by Gasteiger charge is -2.17. The van der Waals surface area contributed by atoms with Crippen molar-refractivity contribution in [1.82, 2.24) is 0 Å². The fourth-order valence-electron chi connectivity index (χ4n) is 5.61. The first-order chi connectivity index (χ1) is 20.9. The molecule has 0 radical (unpaired) electrons. The third-order valence-corrected chi connectivity index (χ3v) is 7.20. The quantitative estimate of drug-likeness (QED) is 0.226. The molecule has 7 aromatic carbocycles. The van der Waals surface area contributed by atoms with Gasteiger partial charge in [-0.2, -0.15) is 0 Å². The molecule has 0 atom stereocenters. The summed E-state index contributed by atoms with van der Waals surface area (Å²) in [5.74, 6) is 0. The Balaban J connectivity index is 1.51. The first-order valence-corrected chi connectivity index (χ1v) is 12.2. The number of hydrogen-bond acceptors (Lipinski definition) is 1. The normalized spacial score (nSPS) is 14.1. The van der Waals surface area contributed by atoms with Gasteiger partial charge in [-0.1, -0.05) is 115 Å². The highest BCUT2D eigenvalue weighted by atomic mass is 16.3. The van der Waals surface area contributed by atoms with Gasteiger partial charge in [0.15, 0.2) is 0 Å². The highest BCUT2D eigenvalue weighted by Crippen LogP contribution is 2.45. The van der Waals surface area contributed by atoms with E-state index in [1.165, 1.54) is 5.56 Å². The maximum absolute atomic E-state index is 8.92. The average Bonchev–Trinajstić information content (AvgIpc) is 3.42. The predicted molar refractivity (Wildman–Crippen MR) is 157 cm³/mol. The van der Waals surface area contributed by atoms with E-state index in [0.29, 0.717) is 16.4 Å². The highest BCUT2D eigenvalue weighted by molar-refractivity contribution is 6.22. The molecule has 0 unspecified atom stereocenters. The van der Waals surface area contributed by atoms with Gasteiger partial charge in [0.05, 0.1) is 8.22 Å². The van der Waals surface area contributed by atoms with E-state index in [0.717, 1.165) is 38.2 Å². The van der Waals surface area contributed by atoms with Crippen molar-refractivity contribution in [2.45, 2.75) is 0 Å². The van der Waals surface area contributed by atoms with Crippen LogP contribution in [0.15, 0.2) is 138 Å². The van der Waals surface area contributed by atoms with Crippen molar-refractivity contribution >= 4 is 54.3 Å². The Morgan fingerprint density at radius 2 is 1.08 bits per heavy atom. The van der Waals surface area contributed by atoms with Crippen molar-refractivity contribution < 1.29 is 12.6 Å². The molecule has 172 valence electrons. The van der Waals surface area contributed by atoms with Crippen molar-refractivity contribution in [2.24, 2.45) is 0 Å². The van der Waals surface area contributed by atoms with E-state index in [1.807, 2.05) is 48.5 Å². The van der Waals surface area contributed by atoms with E-state index < -0.39 is 12.1 Å². The minimum absolute atomic E-state index is 0.00346. The van der Waals surface area contributed by atoms with Crippen LogP contribution in [0.5, 0.6) is 0 Å². The molecule has 0 spiro atoms. The summed E-state index contributed by atoms with van der Waals surface area (Å²) in [6.07, 6.45) is 0. The number of hydrogen-bond donors (Lipinski definition) is 0.